The second kappa shape index (κ2) is 23.0. The van der Waals surface area contributed by atoms with Crippen LogP contribution in [-0.4, -0.2) is 217 Å². The number of nitrogens with two attached hydrogens (primary N) is 1. The number of azo groups is 2. The van der Waals surface area contributed by atoms with Crippen molar-refractivity contribution in [3.63, 3.8) is 0 Å². The number of phenols is 1. The molecular formula is C26H25N5Na4O19S6. The first-order chi connectivity index (χ1) is 25.6. The van der Waals surface area contributed by atoms with Gasteiger partial charge in [0.05, 0.1) is 57.0 Å². The maximum Gasteiger partial charge on any atom is 0.397 e. The Kier molecular flexibility index (Phi) is 22.8. The smallest absolute Gasteiger partial charge is 0.397 e. The van der Waals surface area contributed by atoms with Gasteiger partial charge in [-0.3, -0.25) is 18.2 Å². The zero-order valence-electron chi connectivity index (χ0n) is 31.4. The first kappa shape index (κ1) is 59.4. The number of phenolic OH excluding ortho intramolecular Hbond substituents is 1. The molecule has 0 aliphatic heterocycles. The van der Waals surface area contributed by atoms with Crippen molar-refractivity contribution in [2.75, 3.05) is 30.5 Å². The van der Waals surface area contributed by atoms with Crippen molar-refractivity contribution < 1.29 is 82.2 Å². The van der Waals surface area contributed by atoms with Crippen LogP contribution < -0.4 is 5.73 Å². The van der Waals surface area contributed by atoms with Crippen LogP contribution in [0.2, 0.25) is 0 Å². The van der Waals surface area contributed by atoms with Crippen molar-refractivity contribution in [1.29, 1.82) is 0 Å². The van der Waals surface area contributed by atoms with Crippen LogP contribution in [0.3, 0.4) is 0 Å². The van der Waals surface area contributed by atoms with Crippen LogP contribution >= 0.6 is 0 Å². The van der Waals surface area contributed by atoms with Crippen LogP contribution in [0.1, 0.15) is 0 Å². The molecule has 0 unspecified atom stereocenters. The van der Waals surface area contributed by atoms with Crippen LogP contribution in [0.25, 0.3) is 10.8 Å². The second-order valence-corrected chi connectivity index (χ2v) is 20.0. The largest absolute Gasteiger partial charge is 0.505 e. The molecule has 0 spiro atoms. The molecule has 0 bridgehead atoms. The zero-order valence-corrected chi connectivity index (χ0v) is 44.3. The van der Waals surface area contributed by atoms with E-state index in [1.807, 2.05) is 0 Å². The van der Waals surface area contributed by atoms with E-state index in [1.54, 1.807) is 0 Å². The third-order valence-electron chi connectivity index (χ3n) is 6.96. The van der Waals surface area contributed by atoms with Gasteiger partial charge in [-0.15, -0.1) is 10.2 Å². The summed E-state index contributed by atoms with van der Waals surface area (Å²) in [5.74, 6) is -2.85. The quantitative estimate of drug-likeness (QED) is 0.0396. The number of hydrogen-bond acceptors (Lipinski definition) is 20. The van der Waals surface area contributed by atoms with Gasteiger partial charge in [0.1, 0.15) is 21.2 Å². The van der Waals surface area contributed by atoms with E-state index in [4.69, 9.17) is 14.8 Å². The van der Waals surface area contributed by atoms with Gasteiger partial charge in [0.25, 0.3) is 20.2 Å². The molecule has 24 nitrogen and oxygen atoms in total. The van der Waals surface area contributed by atoms with Gasteiger partial charge in [-0.25, -0.2) is 25.2 Å². The Hall–Kier alpha value is -0.600. The Balaban J connectivity index is 0.00000870. The van der Waals surface area contributed by atoms with E-state index < -0.39 is 129 Å². The monoisotopic (exact) mass is 995 g/mol. The standard InChI is InChI=1S/C26H25N5O19S6.4Na/c27-23-22-15(13-20(53(37,38)39)24(23)30-28-16-1-5-18(6-2-16)51(33,34)11-9-49-55(43,44)45)14-21(54(40,41)42)25(26(22)32)31-29-17-3-7-19(8-4-17)52(35,36)12-10-50-56(46,47)48;;;;/h1-8,13-14,32H,9-12,27H2,(H,37,38,39)(H,40,41,42)(H,43,44,45)(H,46,47,48);;;;. The summed E-state index contributed by atoms with van der Waals surface area (Å²) >= 11 is 0. The van der Waals surface area contributed by atoms with Crippen molar-refractivity contribution in [2.45, 2.75) is 19.6 Å². The number of sulfone groups is 2. The molecule has 308 valence electrons. The molecule has 4 rings (SSSR count). The molecule has 0 atom stereocenters. The Morgan fingerprint density at radius 2 is 0.850 bits per heavy atom. The zero-order chi connectivity index (χ0) is 42.1. The molecule has 7 N–H and O–H groups in total. The van der Waals surface area contributed by atoms with Crippen LogP contribution in [0.15, 0.2) is 101 Å². The maximum absolute atomic E-state index is 12.5. The van der Waals surface area contributed by atoms with E-state index in [0.717, 1.165) is 48.5 Å². The number of fused-ring (bicyclic) bond motifs is 1. The molecular weight excluding hydrogens is 971 g/mol. The van der Waals surface area contributed by atoms with Crippen molar-refractivity contribution in [3.8, 4) is 5.75 Å². The number of hydrogen-bond donors (Lipinski definition) is 6. The van der Waals surface area contributed by atoms with Crippen molar-refractivity contribution >= 4 is 218 Å². The minimum absolute atomic E-state index is 0. The van der Waals surface area contributed by atoms with Crippen molar-refractivity contribution in [2.24, 2.45) is 20.5 Å². The van der Waals surface area contributed by atoms with E-state index in [0.29, 0.717) is 12.1 Å². The van der Waals surface area contributed by atoms with Crippen LogP contribution in [-0.2, 0) is 69.1 Å². The summed E-state index contributed by atoms with van der Waals surface area (Å²) in [6, 6.07) is 9.46. The van der Waals surface area contributed by atoms with Gasteiger partial charge in [-0.05, 0) is 66.0 Å². The van der Waals surface area contributed by atoms with Gasteiger partial charge in [0.2, 0.25) is 0 Å². The molecule has 0 aliphatic carbocycles. The van der Waals surface area contributed by atoms with Gasteiger partial charge in [0.15, 0.2) is 25.4 Å². The Labute approximate surface area is 431 Å². The fraction of sp³-hybridized carbons (Fsp3) is 0.154. The number of aromatic hydroxyl groups is 1. The molecule has 0 aromatic heterocycles. The summed E-state index contributed by atoms with van der Waals surface area (Å²) in [5, 5.41) is 25.0. The summed E-state index contributed by atoms with van der Waals surface area (Å²) in [6.45, 7) is -1.83. The Morgan fingerprint density at radius 1 is 0.517 bits per heavy atom. The predicted octanol–water partition coefficient (Wildman–Crippen LogP) is 1.11. The molecule has 0 saturated carbocycles. The Bertz CT molecular complexity index is 2760. The van der Waals surface area contributed by atoms with Crippen LogP contribution in [0.4, 0.5) is 28.4 Å². The Morgan fingerprint density at radius 3 is 1.18 bits per heavy atom. The van der Waals surface area contributed by atoms with Gasteiger partial charge >= 0.3 is 20.8 Å². The van der Waals surface area contributed by atoms with Crippen molar-refractivity contribution in [1.82, 2.24) is 0 Å². The van der Waals surface area contributed by atoms with E-state index in [1.165, 1.54) is 0 Å². The fourth-order valence-electron chi connectivity index (χ4n) is 4.49. The number of rotatable bonds is 16. The van der Waals surface area contributed by atoms with Crippen LogP contribution in [0.5, 0.6) is 5.75 Å². The summed E-state index contributed by atoms with van der Waals surface area (Å²) in [4.78, 5) is -2.93. The molecule has 0 saturated heterocycles. The van der Waals surface area contributed by atoms with E-state index in [-0.39, 0.29) is 139 Å². The first-order valence-electron chi connectivity index (χ1n) is 14.4. The number of anilines is 1. The topological polar surface area (TPSA) is 400 Å². The van der Waals surface area contributed by atoms with Gasteiger partial charge in [0, 0.05) is 118 Å². The summed E-state index contributed by atoms with van der Waals surface area (Å²) in [5.41, 5.74) is 3.29. The third kappa shape index (κ3) is 16.4. The SMILES string of the molecule is Nc1c(N=Nc2ccc(S(=O)(=O)CCOS(=O)(=O)O)cc2)c(S(=O)(=O)O)cc2cc(S(=O)(=O)O)c(N=Nc3ccc(S(=O)(=O)CCOS(=O)(=O)O)cc3)c(O)c12.[Na].[Na].[Na].[Na]. The van der Waals surface area contributed by atoms with E-state index >= 15 is 0 Å². The maximum atomic E-state index is 12.5. The summed E-state index contributed by atoms with van der Waals surface area (Å²) in [7, 11) is -28.6. The fourth-order valence-corrected chi connectivity index (χ4v) is 8.80. The van der Waals surface area contributed by atoms with E-state index in [2.05, 4.69) is 28.8 Å². The van der Waals surface area contributed by atoms with Crippen LogP contribution in [0, 0.1) is 0 Å². The van der Waals surface area contributed by atoms with E-state index in [9.17, 15) is 64.7 Å². The van der Waals surface area contributed by atoms with Gasteiger partial charge in [-0.1, -0.05) is 0 Å². The molecule has 4 radical (unpaired) electrons. The average Bonchev–Trinajstić information content (AvgIpc) is 3.05. The third-order valence-corrected chi connectivity index (χ3v) is 13.0. The molecule has 60 heavy (non-hydrogen) atoms. The molecule has 0 aliphatic rings. The predicted molar refractivity (Wildman–Crippen MR) is 213 cm³/mol. The molecule has 0 amide bonds. The van der Waals surface area contributed by atoms with Crippen molar-refractivity contribution in [3.05, 3.63) is 60.7 Å². The molecule has 4 aromatic rings. The van der Waals surface area contributed by atoms with Gasteiger partial charge < -0.3 is 10.8 Å². The molecule has 0 heterocycles. The minimum atomic E-state index is -5.29. The first-order valence-corrected chi connectivity index (χ1v) is 23.3. The summed E-state index contributed by atoms with van der Waals surface area (Å²) in [6.07, 6.45) is 0. The number of nitrogen functional groups attached to an aromatic ring is 1. The number of benzene rings is 4. The molecule has 4 aromatic carbocycles. The summed E-state index contributed by atoms with van der Waals surface area (Å²) < 4.78 is 187. The minimum Gasteiger partial charge on any atom is -0.505 e. The molecule has 0 fully saturated rings. The average molecular weight is 996 g/mol. The van der Waals surface area contributed by atoms with Gasteiger partial charge in [-0.2, -0.15) is 43.9 Å². The second-order valence-electron chi connectivity index (χ2n) is 10.8. The normalized spacial score (nSPS) is 12.7. The molecule has 34 heteroatoms. The number of nitrogens with zero attached hydrogens (tertiary/aromatic N) is 4.